The summed E-state index contributed by atoms with van der Waals surface area (Å²) in [7, 11) is 1.57. The molecule has 1 atom stereocenters. The molecule has 7 nitrogen and oxygen atoms in total. The number of hydrogen-bond donors (Lipinski definition) is 3. The first-order valence-corrected chi connectivity index (χ1v) is 7.24. The average Bonchev–Trinajstić information content (AvgIpc) is 3.15. The van der Waals surface area contributed by atoms with Gasteiger partial charge in [0.1, 0.15) is 5.69 Å². The maximum absolute atomic E-state index is 13.9. The molecule has 1 amide bonds. The second-order valence-corrected chi connectivity index (χ2v) is 5.54. The number of aryl methyl sites for hydroxylation is 1. The van der Waals surface area contributed by atoms with Gasteiger partial charge in [-0.05, 0) is 18.2 Å². The highest BCUT2D eigenvalue weighted by atomic mass is 35.5. The molecule has 0 radical (unpaired) electrons. The Morgan fingerprint density at radius 2 is 2.17 bits per heavy atom. The molecule has 1 aromatic carbocycles. The number of aromatic nitrogens is 3. The van der Waals surface area contributed by atoms with Crippen molar-refractivity contribution in [2.24, 2.45) is 7.05 Å². The number of nitrogens with zero attached hydrogens (tertiary/aromatic N) is 2. The summed E-state index contributed by atoms with van der Waals surface area (Å²) in [4.78, 5) is 26.4. The Morgan fingerprint density at radius 3 is 2.79 bits per heavy atom. The van der Waals surface area contributed by atoms with Crippen molar-refractivity contribution in [3.63, 3.8) is 0 Å². The van der Waals surface area contributed by atoms with Crippen LogP contribution >= 0.6 is 11.6 Å². The van der Waals surface area contributed by atoms with Gasteiger partial charge >= 0.3 is 5.97 Å². The third-order valence-electron chi connectivity index (χ3n) is 3.61. The summed E-state index contributed by atoms with van der Waals surface area (Å²) in [5.41, 5.74) is 0.417. The Kier molecular flexibility index (Phi) is 3.98. The molecule has 3 N–H and O–H groups in total. The zero-order chi connectivity index (χ0) is 17.4. The molecule has 24 heavy (non-hydrogen) atoms. The molecule has 0 bridgehead atoms. The first-order chi connectivity index (χ1) is 11.4. The highest BCUT2D eigenvalue weighted by Gasteiger charge is 2.26. The summed E-state index contributed by atoms with van der Waals surface area (Å²) >= 11 is 5.70. The van der Waals surface area contributed by atoms with Gasteiger partial charge < -0.3 is 15.4 Å². The van der Waals surface area contributed by atoms with Crippen LogP contribution < -0.4 is 5.32 Å². The Labute approximate surface area is 140 Å². The topological polar surface area (TPSA) is 100 Å². The van der Waals surface area contributed by atoms with Crippen LogP contribution in [0.25, 0.3) is 10.9 Å². The minimum Gasteiger partial charge on any atom is -0.479 e. The normalized spacial score (nSPS) is 12.3. The fourth-order valence-corrected chi connectivity index (χ4v) is 2.56. The molecule has 0 aliphatic rings. The van der Waals surface area contributed by atoms with Gasteiger partial charge in [0, 0.05) is 18.6 Å². The van der Waals surface area contributed by atoms with Crippen molar-refractivity contribution in [1.82, 2.24) is 20.1 Å². The number of aliphatic carboxylic acids is 1. The monoisotopic (exact) mass is 350 g/mol. The first kappa shape index (κ1) is 16.0. The van der Waals surface area contributed by atoms with E-state index >= 15 is 0 Å². The molecule has 0 saturated heterocycles. The number of fused-ring (bicyclic) bond motifs is 1. The van der Waals surface area contributed by atoms with Gasteiger partial charge in [-0.2, -0.15) is 5.10 Å². The van der Waals surface area contributed by atoms with Crippen LogP contribution in [0.1, 0.15) is 22.2 Å². The quantitative estimate of drug-likeness (QED) is 0.672. The van der Waals surface area contributed by atoms with E-state index in [9.17, 15) is 19.1 Å². The van der Waals surface area contributed by atoms with Gasteiger partial charge in [0.05, 0.1) is 16.2 Å². The van der Waals surface area contributed by atoms with E-state index in [0.717, 1.165) is 0 Å². The second kappa shape index (κ2) is 5.97. The predicted molar refractivity (Wildman–Crippen MR) is 84.3 cm³/mol. The maximum Gasteiger partial charge on any atom is 0.332 e. The number of carboxylic acid groups (broad SMARTS) is 1. The Bertz CT molecular complexity index is 949. The molecule has 3 aromatic rings. The molecule has 1 unspecified atom stereocenters. The lowest BCUT2D eigenvalue weighted by Crippen LogP contribution is -2.35. The average molecular weight is 351 g/mol. The molecule has 2 heterocycles. The van der Waals surface area contributed by atoms with E-state index < -0.39 is 23.7 Å². The third kappa shape index (κ3) is 2.71. The van der Waals surface area contributed by atoms with E-state index in [2.05, 4.69) is 15.4 Å². The van der Waals surface area contributed by atoms with Gasteiger partial charge in [-0.3, -0.25) is 9.48 Å². The summed E-state index contributed by atoms with van der Waals surface area (Å²) in [6, 6.07) is 4.56. The number of carbonyl (C=O) groups is 2. The van der Waals surface area contributed by atoms with Crippen molar-refractivity contribution < 1.29 is 19.1 Å². The number of halogens is 2. The van der Waals surface area contributed by atoms with Gasteiger partial charge in [-0.15, -0.1) is 0 Å². The van der Waals surface area contributed by atoms with E-state index in [1.54, 1.807) is 13.1 Å². The van der Waals surface area contributed by atoms with Crippen LogP contribution in [-0.2, 0) is 11.8 Å². The third-order valence-corrected chi connectivity index (χ3v) is 3.90. The zero-order valence-corrected chi connectivity index (χ0v) is 13.1. The Morgan fingerprint density at radius 1 is 1.42 bits per heavy atom. The van der Waals surface area contributed by atoms with Crippen LogP contribution in [0, 0.1) is 5.82 Å². The van der Waals surface area contributed by atoms with E-state index in [1.807, 2.05) is 0 Å². The van der Waals surface area contributed by atoms with Crippen molar-refractivity contribution >= 4 is 34.4 Å². The molecular weight excluding hydrogens is 339 g/mol. The fourth-order valence-electron chi connectivity index (χ4n) is 2.40. The van der Waals surface area contributed by atoms with Crippen LogP contribution in [0.5, 0.6) is 0 Å². The lowest BCUT2D eigenvalue weighted by molar-refractivity contribution is -0.139. The van der Waals surface area contributed by atoms with Crippen LogP contribution in [-0.4, -0.2) is 31.7 Å². The lowest BCUT2D eigenvalue weighted by Gasteiger charge is -2.14. The van der Waals surface area contributed by atoms with E-state index in [1.165, 1.54) is 29.1 Å². The summed E-state index contributed by atoms with van der Waals surface area (Å²) < 4.78 is 15.3. The Hall–Kier alpha value is -2.87. The van der Waals surface area contributed by atoms with Crippen LogP contribution in [0.3, 0.4) is 0 Å². The Balaban J connectivity index is 1.92. The number of carbonyl (C=O) groups excluding carboxylic acids is 1. The molecular formula is C15H12ClFN4O3. The number of H-pyrrole nitrogens is 1. The predicted octanol–water partition coefficient (Wildman–Crippen LogP) is 2.25. The van der Waals surface area contributed by atoms with Gasteiger partial charge in [0.2, 0.25) is 0 Å². The SMILES string of the molecule is Cn1nccc1C(NC(=O)c1cc2ccc(Cl)c(F)c2[nH]1)C(=O)O. The number of amides is 1. The number of benzene rings is 1. The highest BCUT2D eigenvalue weighted by molar-refractivity contribution is 6.31. The van der Waals surface area contributed by atoms with Crippen molar-refractivity contribution in [3.8, 4) is 0 Å². The smallest absolute Gasteiger partial charge is 0.332 e. The summed E-state index contributed by atoms with van der Waals surface area (Å²) in [5.74, 6) is -2.60. The molecule has 0 aliphatic heterocycles. The van der Waals surface area contributed by atoms with Gasteiger partial charge in [0.15, 0.2) is 11.9 Å². The van der Waals surface area contributed by atoms with Crippen LogP contribution in [0.15, 0.2) is 30.5 Å². The molecule has 124 valence electrons. The molecule has 0 spiro atoms. The maximum atomic E-state index is 13.9. The minimum atomic E-state index is -1.29. The highest BCUT2D eigenvalue weighted by Crippen LogP contribution is 2.25. The van der Waals surface area contributed by atoms with Crippen molar-refractivity contribution in [2.45, 2.75) is 6.04 Å². The number of rotatable bonds is 4. The van der Waals surface area contributed by atoms with Crippen molar-refractivity contribution in [2.75, 3.05) is 0 Å². The number of hydrogen-bond acceptors (Lipinski definition) is 3. The molecule has 3 rings (SSSR count). The molecule has 2 aromatic heterocycles. The summed E-state index contributed by atoms with van der Waals surface area (Å²) in [6.45, 7) is 0. The lowest BCUT2D eigenvalue weighted by atomic mass is 10.2. The summed E-state index contributed by atoms with van der Waals surface area (Å²) in [5, 5.41) is 16.0. The standard InChI is InChI=1S/C15H12ClFN4O3/c1-21-10(4-5-18-21)13(15(23)24)20-14(22)9-6-7-2-3-8(16)11(17)12(7)19-9/h2-6,13,19H,1H3,(H,20,22)(H,23,24). The minimum absolute atomic E-state index is 0.0274. The second-order valence-electron chi connectivity index (χ2n) is 5.13. The molecule has 0 fully saturated rings. The van der Waals surface area contributed by atoms with Crippen molar-refractivity contribution in [1.29, 1.82) is 0 Å². The fraction of sp³-hybridized carbons (Fsp3) is 0.133. The van der Waals surface area contributed by atoms with E-state index in [4.69, 9.17) is 11.6 Å². The number of aromatic amines is 1. The van der Waals surface area contributed by atoms with E-state index in [-0.39, 0.29) is 16.2 Å². The zero-order valence-electron chi connectivity index (χ0n) is 12.4. The largest absolute Gasteiger partial charge is 0.479 e. The summed E-state index contributed by atoms with van der Waals surface area (Å²) in [6.07, 6.45) is 1.43. The van der Waals surface area contributed by atoms with Gasteiger partial charge in [0.25, 0.3) is 5.91 Å². The van der Waals surface area contributed by atoms with Crippen molar-refractivity contribution in [3.05, 3.63) is 52.7 Å². The molecule has 0 aliphatic carbocycles. The van der Waals surface area contributed by atoms with Gasteiger partial charge in [-0.1, -0.05) is 17.7 Å². The van der Waals surface area contributed by atoms with Crippen LogP contribution in [0.4, 0.5) is 4.39 Å². The van der Waals surface area contributed by atoms with Gasteiger partial charge in [-0.25, -0.2) is 9.18 Å². The number of carboxylic acids is 1. The molecule has 9 heteroatoms. The van der Waals surface area contributed by atoms with E-state index in [0.29, 0.717) is 11.1 Å². The molecule has 0 saturated carbocycles. The first-order valence-electron chi connectivity index (χ1n) is 6.86. The van der Waals surface area contributed by atoms with Crippen LogP contribution in [0.2, 0.25) is 5.02 Å². The number of nitrogens with one attached hydrogen (secondary N) is 2.